The van der Waals surface area contributed by atoms with E-state index in [1.54, 1.807) is 0 Å². The first-order valence-electron chi connectivity index (χ1n) is 8.02. The van der Waals surface area contributed by atoms with Gasteiger partial charge in [0.15, 0.2) is 0 Å². The third-order valence-corrected chi connectivity index (χ3v) is 4.56. The summed E-state index contributed by atoms with van der Waals surface area (Å²) in [5.41, 5.74) is 9.07. The smallest absolute Gasteiger partial charge is 0.0388 e. The Morgan fingerprint density at radius 2 is 1.85 bits per heavy atom. The second-order valence-electron chi connectivity index (χ2n) is 7.14. The van der Waals surface area contributed by atoms with Gasteiger partial charge < -0.3 is 5.73 Å². The third-order valence-electron chi connectivity index (χ3n) is 4.56. The minimum Gasteiger partial charge on any atom is -0.330 e. The van der Waals surface area contributed by atoms with E-state index >= 15 is 0 Å². The molecule has 1 saturated heterocycles. The monoisotopic (exact) mass is 274 g/mol. The summed E-state index contributed by atoms with van der Waals surface area (Å²) in [5.74, 6) is 0.613. The van der Waals surface area contributed by atoms with Crippen molar-refractivity contribution in [2.24, 2.45) is 11.7 Å². The maximum absolute atomic E-state index is 5.99. The van der Waals surface area contributed by atoms with Crippen LogP contribution in [0, 0.1) is 5.92 Å². The minimum atomic E-state index is 0.227. The highest BCUT2D eigenvalue weighted by atomic mass is 15.2. The van der Waals surface area contributed by atoms with E-state index in [2.05, 4.69) is 56.9 Å². The molecule has 1 aromatic rings. The van der Waals surface area contributed by atoms with Crippen LogP contribution in [-0.4, -0.2) is 24.5 Å². The Hall–Kier alpha value is -0.860. The fourth-order valence-electron chi connectivity index (χ4n) is 3.37. The van der Waals surface area contributed by atoms with E-state index in [1.165, 1.54) is 37.1 Å². The molecule has 2 unspecified atom stereocenters. The summed E-state index contributed by atoms with van der Waals surface area (Å²) in [4.78, 5) is 2.61. The second kappa shape index (κ2) is 6.28. The van der Waals surface area contributed by atoms with Gasteiger partial charge in [-0.3, -0.25) is 4.90 Å². The van der Waals surface area contributed by atoms with Crippen molar-refractivity contribution >= 4 is 0 Å². The Labute approximate surface area is 124 Å². The maximum atomic E-state index is 5.99. The van der Waals surface area contributed by atoms with Crippen LogP contribution in [0.2, 0.25) is 0 Å². The van der Waals surface area contributed by atoms with E-state index in [4.69, 9.17) is 5.73 Å². The molecular formula is C18H30N2. The lowest BCUT2D eigenvalue weighted by atomic mass is 9.85. The normalized spacial score (nSPS) is 24.2. The van der Waals surface area contributed by atoms with Crippen molar-refractivity contribution in [2.45, 2.75) is 52.0 Å². The standard InChI is InChI=1S/C18H30N2/c1-5-11-20-12-10-15(13-19)17(20)14-6-8-16(9-7-14)18(2,3)4/h6-9,15,17H,5,10-13,19H2,1-4H3. The Bertz CT molecular complexity index is 416. The van der Waals surface area contributed by atoms with Gasteiger partial charge in [-0.05, 0) is 54.9 Å². The molecule has 2 atom stereocenters. The second-order valence-corrected chi connectivity index (χ2v) is 7.14. The largest absolute Gasteiger partial charge is 0.330 e. The van der Waals surface area contributed by atoms with Crippen molar-refractivity contribution in [2.75, 3.05) is 19.6 Å². The van der Waals surface area contributed by atoms with Gasteiger partial charge in [-0.2, -0.15) is 0 Å². The Balaban J connectivity index is 2.23. The molecule has 1 fully saturated rings. The molecule has 1 aromatic carbocycles. The summed E-state index contributed by atoms with van der Waals surface area (Å²) in [6.07, 6.45) is 2.45. The minimum absolute atomic E-state index is 0.227. The zero-order valence-corrected chi connectivity index (χ0v) is 13.5. The van der Waals surface area contributed by atoms with Crippen LogP contribution in [0.4, 0.5) is 0 Å². The molecule has 0 bridgehead atoms. The summed E-state index contributed by atoms with van der Waals surface area (Å²) < 4.78 is 0. The fraction of sp³-hybridized carbons (Fsp3) is 0.667. The van der Waals surface area contributed by atoms with Gasteiger partial charge in [0.05, 0.1) is 0 Å². The molecule has 1 aliphatic heterocycles. The van der Waals surface area contributed by atoms with Gasteiger partial charge in [-0.1, -0.05) is 52.0 Å². The fourth-order valence-corrected chi connectivity index (χ4v) is 3.37. The third kappa shape index (κ3) is 3.24. The molecule has 0 aliphatic carbocycles. The quantitative estimate of drug-likeness (QED) is 0.907. The Morgan fingerprint density at radius 1 is 1.20 bits per heavy atom. The first-order valence-corrected chi connectivity index (χ1v) is 8.02. The van der Waals surface area contributed by atoms with Crippen molar-refractivity contribution in [3.8, 4) is 0 Å². The van der Waals surface area contributed by atoms with Gasteiger partial charge in [0.25, 0.3) is 0 Å². The molecule has 2 nitrogen and oxygen atoms in total. The molecule has 1 aliphatic rings. The van der Waals surface area contributed by atoms with Crippen molar-refractivity contribution < 1.29 is 0 Å². The van der Waals surface area contributed by atoms with E-state index in [0.29, 0.717) is 12.0 Å². The summed E-state index contributed by atoms with van der Waals surface area (Å²) in [6, 6.07) is 9.76. The molecule has 20 heavy (non-hydrogen) atoms. The number of nitrogens with two attached hydrogens (primary N) is 1. The molecule has 0 spiro atoms. The average Bonchev–Trinajstić information content (AvgIpc) is 2.81. The predicted octanol–water partition coefficient (Wildman–Crippen LogP) is 3.72. The van der Waals surface area contributed by atoms with Crippen LogP contribution in [0.1, 0.15) is 57.7 Å². The zero-order valence-electron chi connectivity index (χ0n) is 13.5. The zero-order chi connectivity index (χ0) is 14.8. The van der Waals surface area contributed by atoms with Crippen molar-refractivity contribution in [1.29, 1.82) is 0 Å². The first-order chi connectivity index (χ1) is 9.47. The molecule has 2 heteroatoms. The molecule has 0 saturated carbocycles. The highest BCUT2D eigenvalue weighted by Gasteiger charge is 2.33. The maximum Gasteiger partial charge on any atom is 0.0388 e. The van der Waals surface area contributed by atoms with Crippen LogP contribution in [0.5, 0.6) is 0 Å². The summed E-state index contributed by atoms with van der Waals surface area (Å²) in [5, 5.41) is 0. The van der Waals surface area contributed by atoms with E-state index in [-0.39, 0.29) is 5.41 Å². The molecular weight excluding hydrogens is 244 g/mol. The number of rotatable bonds is 4. The van der Waals surface area contributed by atoms with Gasteiger partial charge in [-0.15, -0.1) is 0 Å². The molecule has 112 valence electrons. The average molecular weight is 274 g/mol. The number of hydrogen-bond acceptors (Lipinski definition) is 2. The Kier molecular flexibility index (Phi) is 4.87. The molecule has 0 aromatic heterocycles. The topological polar surface area (TPSA) is 29.3 Å². The van der Waals surface area contributed by atoms with Gasteiger partial charge >= 0.3 is 0 Å². The number of hydrogen-bond donors (Lipinski definition) is 1. The molecule has 0 amide bonds. The van der Waals surface area contributed by atoms with Crippen LogP contribution < -0.4 is 5.73 Å². The molecule has 0 radical (unpaired) electrons. The SMILES string of the molecule is CCCN1CCC(CN)C1c1ccc(C(C)(C)C)cc1. The lowest BCUT2D eigenvalue weighted by Gasteiger charge is -2.29. The molecule has 2 rings (SSSR count). The van der Waals surface area contributed by atoms with Crippen LogP contribution >= 0.6 is 0 Å². The van der Waals surface area contributed by atoms with Crippen LogP contribution in [0.3, 0.4) is 0 Å². The number of nitrogens with zero attached hydrogens (tertiary/aromatic N) is 1. The number of benzene rings is 1. The van der Waals surface area contributed by atoms with Crippen LogP contribution in [0.15, 0.2) is 24.3 Å². The van der Waals surface area contributed by atoms with Crippen LogP contribution in [0.25, 0.3) is 0 Å². The van der Waals surface area contributed by atoms with Crippen molar-refractivity contribution in [3.63, 3.8) is 0 Å². The van der Waals surface area contributed by atoms with Crippen molar-refractivity contribution in [3.05, 3.63) is 35.4 Å². The molecule has 1 heterocycles. The van der Waals surface area contributed by atoms with E-state index in [9.17, 15) is 0 Å². The lowest BCUT2D eigenvalue weighted by molar-refractivity contribution is 0.230. The highest BCUT2D eigenvalue weighted by Crippen LogP contribution is 2.37. The molecule has 2 N–H and O–H groups in total. The van der Waals surface area contributed by atoms with Gasteiger partial charge in [0.2, 0.25) is 0 Å². The number of likely N-dealkylation sites (tertiary alicyclic amines) is 1. The summed E-state index contributed by atoms with van der Waals surface area (Å²) in [7, 11) is 0. The summed E-state index contributed by atoms with van der Waals surface area (Å²) in [6.45, 7) is 12.2. The Morgan fingerprint density at radius 3 is 2.35 bits per heavy atom. The van der Waals surface area contributed by atoms with E-state index < -0.39 is 0 Å². The van der Waals surface area contributed by atoms with Gasteiger partial charge in [-0.25, -0.2) is 0 Å². The van der Waals surface area contributed by atoms with Gasteiger partial charge in [0.1, 0.15) is 0 Å². The highest BCUT2D eigenvalue weighted by molar-refractivity contribution is 5.30. The first kappa shape index (κ1) is 15.5. The lowest BCUT2D eigenvalue weighted by Crippen LogP contribution is -2.29. The van der Waals surface area contributed by atoms with E-state index in [1.807, 2.05) is 0 Å². The summed E-state index contributed by atoms with van der Waals surface area (Å²) >= 11 is 0. The van der Waals surface area contributed by atoms with Gasteiger partial charge in [0, 0.05) is 6.04 Å². The predicted molar refractivity (Wildman–Crippen MR) is 86.9 cm³/mol. The van der Waals surface area contributed by atoms with Crippen molar-refractivity contribution in [1.82, 2.24) is 4.90 Å². The van der Waals surface area contributed by atoms with Crippen LogP contribution in [-0.2, 0) is 5.41 Å². The van der Waals surface area contributed by atoms with E-state index in [0.717, 1.165) is 6.54 Å².